The molecular weight excluding hydrogens is 572 g/mol. The molecule has 4 aliphatic rings. The number of nitrogens with one attached hydrogen (secondary N) is 1. The van der Waals surface area contributed by atoms with E-state index in [-0.39, 0.29) is 22.5 Å². The summed E-state index contributed by atoms with van der Waals surface area (Å²) in [5.74, 6) is -3.64. The van der Waals surface area contributed by atoms with Crippen molar-refractivity contribution in [3.8, 4) is 0 Å². The maximum absolute atomic E-state index is 16.0. The highest BCUT2D eigenvalue weighted by atomic mass is 19.3. The lowest BCUT2D eigenvalue weighted by atomic mass is 9.85. The minimum atomic E-state index is -3.09. The number of halogens is 2. The van der Waals surface area contributed by atoms with Crippen LogP contribution in [0.5, 0.6) is 0 Å². The minimum Gasteiger partial charge on any atom is -0.364 e. The van der Waals surface area contributed by atoms with E-state index in [2.05, 4.69) is 43.8 Å². The minimum absolute atomic E-state index is 0.116. The molecule has 244 valence electrons. The topological polar surface area (TPSA) is 69.5 Å². The Morgan fingerprint density at radius 1 is 0.933 bits per heavy atom. The lowest BCUT2D eigenvalue weighted by Crippen LogP contribution is -2.50. The van der Waals surface area contributed by atoms with Gasteiger partial charge in [0.15, 0.2) is 0 Å². The number of benzene rings is 1. The van der Waals surface area contributed by atoms with E-state index in [0.29, 0.717) is 68.3 Å². The summed E-state index contributed by atoms with van der Waals surface area (Å²) in [6.07, 6.45) is 6.98. The molecule has 10 heteroatoms. The predicted octanol–water partition coefficient (Wildman–Crippen LogP) is 6.26. The van der Waals surface area contributed by atoms with Gasteiger partial charge < -0.3 is 15.1 Å². The number of aryl methyl sites for hydroxylation is 1. The van der Waals surface area contributed by atoms with Crippen LogP contribution in [0, 0.1) is 5.92 Å². The number of alkyl halides is 2. The van der Waals surface area contributed by atoms with Gasteiger partial charge in [-0.2, -0.15) is 0 Å². The van der Waals surface area contributed by atoms with Crippen LogP contribution in [-0.4, -0.2) is 76.2 Å². The van der Waals surface area contributed by atoms with Crippen LogP contribution < -0.4 is 15.8 Å². The van der Waals surface area contributed by atoms with Crippen molar-refractivity contribution in [3.63, 3.8) is 0 Å². The highest BCUT2D eigenvalue weighted by Gasteiger charge is 2.42. The Hall–Kier alpha value is -3.11. The SMILES string of the molecule is [2H]C([2H])([2H])[C@H]1Nc2ncnc3c2cc(N2CCN(C(C)C)CC2)c(=O)n3CCCCCCCN2CCC(CC2)C(F)(F)c2cccc1c2. The van der Waals surface area contributed by atoms with Crippen molar-refractivity contribution in [2.45, 2.75) is 90.2 Å². The highest BCUT2D eigenvalue weighted by molar-refractivity contribution is 5.89. The van der Waals surface area contributed by atoms with E-state index >= 15 is 8.78 Å². The number of hydrogen-bond acceptors (Lipinski definition) is 7. The van der Waals surface area contributed by atoms with Crippen LogP contribution >= 0.6 is 0 Å². The lowest BCUT2D eigenvalue weighted by molar-refractivity contribution is -0.0855. The first-order valence-corrected chi connectivity index (χ1v) is 16.8. The van der Waals surface area contributed by atoms with Crippen LogP contribution in [0.25, 0.3) is 11.0 Å². The van der Waals surface area contributed by atoms with Crippen LogP contribution in [0.15, 0.2) is 41.5 Å². The molecule has 2 fully saturated rings. The zero-order valence-corrected chi connectivity index (χ0v) is 26.7. The number of rotatable bonds is 2. The molecule has 6 heterocycles. The van der Waals surface area contributed by atoms with Crippen LogP contribution in [-0.2, 0) is 12.5 Å². The van der Waals surface area contributed by atoms with Crippen LogP contribution in [0.4, 0.5) is 20.3 Å². The first kappa shape index (κ1) is 28.1. The summed E-state index contributed by atoms with van der Waals surface area (Å²) >= 11 is 0. The van der Waals surface area contributed by atoms with Gasteiger partial charge in [-0.15, -0.1) is 0 Å². The fourth-order valence-electron chi connectivity index (χ4n) is 7.23. The van der Waals surface area contributed by atoms with Gasteiger partial charge in [0, 0.05) is 60.4 Å². The van der Waals surface area contributed by atoms with E-state index in [4.69, 9.17) is 4.11 Å². The second-order valence-electron chi connectivity index (χ2n) is 13.3. The molecule has 0 saturated carbocycles. The zero-order valence-electron chi connectivity index (χ0n) is 29.7. The summed E-state index contributed by atoms with van der Waals surface area (Å²) in [5, 5.41) is 3.65. The molecular formula is C35H49F2N7O. The standard InChI is InChI=1S/C35H49F2N7O/c1-25(2)42-18-20-43(21-19-42)31-23-30-32-38-24-39-33(30)44(34(31)45)15-8-6-4-5-7-14-41-16-12-28(13-17-41)35(36,37)29-11-9-10-27(22-29)26(3)40-32/h9-11,22-26,28H,4-8,12-21H2,1-3H3,(H,38,39,40)/t26-/m1/s1/i3D3. The van der Waals surface area contributed by atoms with Gasteiger partial charge in [-0.3, -0.25) is 14.3 Å². The van der Waals surface area contributed by atoms with Crippen molar-refractivity contribution < 1.29 is 12.9 Å². The summed E-state index contributed by atoms with van der Waals surface area (Å²) in [4.78, 5) is 29.9. The van der Waals surface area contributed by atoms with E-state index in [9.17, 15) is 4.79 Å². The lowest BCUT2D eigenvalue weighted by Gasteiger charge is -2.38. The third-order valence-corrected chi connectivity index (χ3v) is 10.1. The number of pyridine rings is 1. The molecule has 4 aliphatic heterocycles. The van der Waals surface area contributed by atoms with Crippen molar-refractivity contribution in [1.29, 1.82) is 0 Å². The monoisotopic (exact) mass is 624 g/mol. The van der Waals surface area contributed by atoms with Crippen molar-refractivity contribution in [1.82, 2.24) is 24.3 Å². The molecule has 1 N–H and O–H groups in total. The largest absolute Gasteiger partial charge is 0.364 e. The average molecular weight is 625 g/mol. The molecule has 0 spiro atoms. The molecule has 8 bridgehead atoms. The van der Waals surface area contributed by atoms with Gasteiger partial charge in [-0.05, 0) is 83.7 Å². The maximum atomic E-state index is 16.0. The summed E-state index contributed by atoms with van der Waals surface area (Å²) in [7, 11) is 0. The zero-order chi connectivity index (χ0) is 34.1. The smallest absolute Gasteiger partial charge is 0.276 e. The van der Waals surface area contributed by atoms with Gasteiger partial charge >= 0.3 is 0 Å². The van der Waals surface area contributed by atoms with Crippen molar-refractivity contribution in [2.24, 2.45) is 5.92 Å². The van der Waals surface area contributed by atoms with Crippen LogP contribution in [0.2, 0.25) is 0 Å². The molecule has 2 aromatic heterocycles. The molecule has 0 amide bonds. The number of piperidine rings is 1. The molecule has 1 aromatic carbocycles. The first-order chi connectivity index (χ1) is 22.9. The Bertz CT molecular complexity index is 1620. The van der Waals surface area contributed by atoms with Gasteiger partial charge in [0.1, 0.15) is 23.5 Å². The number of fused-ring (bicyclic) bond motifs is 9. The van der Waals surface area contributed by atoms with Crippen LogP contribution in [0.1, 0.15) is 86.9 Å². The molecule has 0 unspecified atom stereocenters. The quantitative estimate of drug-likeness (QED) is 0.361. The molecule has 0 radical (unpaired) electrons. The molecule has 7 rings (SSSR count). The summed E-state index contributed by atoms with van der Waals surface area (Å²) in [5.41, 5.74) is 0.931. The number of piperazine rings is 1. The maximum Gasteiger partial charge on any atom is 0.276 e. The second-order valence-corrected chi connectivity index (χ2v) is 13.3. The van der Waals surface area contributed by atoms with Gasteiger partial charge in [-0.1, -0.05) is 37.5 Å². The Morgan fingerprint density at radius 2 is 1.67 bits per heavy atom. The van der Waals surface area contributed by atoms with Gasteiger partial charge in [0.25, 0.3) is 11.5 Å². The van der Waals surface area contributed by atoms with Crippen LogP contribution in [0.3, 0.4) is 0 Å². The summed E-state index contributed by atoms with van der Waals surface area (Å²) in [6, 6.07) is 6.73. The highest BCUT2D eigenvalue weighted by Crippen LogP contribution is 2.42. The van der Waals surface area contributed by atoms with Crippen molar-refractivity contribution >= 4 is 22.5 Å². The normalized spacial score (nSPS) is 26.6. The molecule has 8 nitrogen and oxygen atoms in total. The number of nitrogens with zero attached hydrogens (tertiary/aromatic N) is 6. The van der Waals surface area contributed by atoms with Crippen molar-refractivity contribution in [2.75, 3.05) is 56.0 Å². The molecule has 0 aliphatic carbocycles. The van der Waals surface area contributed by atoms with Crippen molar-refractivity contribution in [3.05, 3.63) is 58.1 Å². The second kappa shape index (κ2) is 13.7. The van der Waals surface area contributed by atoms with Gasteiger partial charge in [0.2, 0.25) is 0 Å². The van der Waals surface area contributed by atoms with E-state index < -0.39 is 24.7 Å². The summed E-state index contributed by atoms with van der Waals surface area (Å²) < 4.78 is 59.2. The van der Waals surface area contributed by atoms with E-state index in [1.807, 2.05) is 0 Å². The van der Waals surface area contributed by atoms with E-state index in [0.717, 1.165) is 51.7 Å². The van der Waals surface area contributed by atoms with E-state index in [1.54, 1.807) is 16.7 Å². The number of anilines is 2. The third-order valence-electron chi connectivity index (χ3n) is 10.1. The Labute approximate surface area is 270 Å². The average Bonchev–Trinajstić information content (AvgIpc) is 3.07. The van der Waals surface area contributed by atoms with Gasteiger partial charge in [0.05, 0.1) is 5.39 Å². The summed E-state index contributed by atoms with van der Waals surface area (Å²) in [6.45, 7) is 7.43. The number of aromatic nitrogens is 3. The molecule has 2 saturated heterocycles. The molecule has 3 aromatic rings. The fourth-order valence-corrected chi connectivity index (χ4v) is 7.23. The molecule has 45 heavy (non-hydrogen) atoms. The van der Waals surface area contributed by atoms with E-state index in [1.165, 1.54) is 24.5 Å². The fraction of sp³-hybridized carbons (Fsp3) is 0.629. The van der Waals surface area contributed by atoms with Gasteiger partial charge in [-0.25, -0.2) is 18.7 Å². The predicted molar refractivity (Wildman–Crippen MR) is 177 cm³/mol. The Morgan fingerprint density at radius 3 is 2.40 bits per heavy atom. The Balaban J connectivity index is 1.43. The Kier molecular flexibility index (Phi) is 8.57. The third kappa shape index (κ3) is 6.87. The number of hydrogen-bond donors (Lipinski definition) is 1. The molecule has 1 atom stereocenters. The first-order valence-electron chi connectivity index (χ1n) is 18.3.